The third-order valence-corrected chi connectivity index (χ3v) is 4.60. The van der Waals surface area contributed by atoms with E-state index in [0.29, 0.717) is 13.1 Å². The first-order valence-electron chi connectivity index (χ1n) is 5.53. The van der Waals surface area contributed by atoms with Crippen molar-refractivity contribution in [3.05, 3.63) is 17.7 Å². The largest absolute Gasteiger partial charge is 0.373 e. The van der Waals surface area contributed by atoms with Gasteiger partial charge in [0.15, 0.2) is 0 Å². The predicted molar refractivity (Wildman–Crippen MR) is 65.8 cm³/mol. The van der Waals surface area contributed by atoms with Crippen LogP contribution in [0.2, 0.25) is 5.28 Å². The van der Waals surface area contributed by atoms with E-state index in [2.05, 4.69) is 9.97 Å². The van der Waals surface area contributed by atoms with Gasteiger partial charge in [-0.15, -0.1) is 0 Å². The summed E-state index contributed by atoms with van der Waals surface area (Å²) >= 11 is 5.54. The Hall–Kier alpha value is -0.760. The van der Waals surface area contributed by atoms with Crippen LogP contribution in [-0.2, 0) is 14.8 Å². The van der Waals surface area contributed by atoms with E-state index >= 15 is 0 Å². The zero-order chi connectivity index (χ0) is 13.3. The van der Waals surface area contributed by atoms with Crippen molar-refractivity contribution in [2.75, 3.05) is 13.1 Å². The maximum absolute atomic E-state index is 12.3. The third-order valence-electron chi connectivity index (χ3n) is 2.62. The molecular weight excluding hydrogens is 278 g/mol. The van der Waals surface area contributed by atoms with Crippen molar-refractivity contribution in [2.24, 2.45) is 0 Å². The van der Waals surface area contributed by atoms with Crippen LogP contribution in [0, 0.1) is 0 Å². The van der Waals surface area contributed by atoms with Crippen LogP contribution < -0.4 is 0 Å². The summed E-state index contributed by atoms with van der Waals surface area (Å²) in [6.07, 6.45) is 2.18. The standard InChI is InChI=1S/C10H14ClN3O3S/c1-7-5-14(6-8(2)17-7)18(15,16)9-3-12-10(11)13-4-9/h3-4,7-8H,5-6H2,1-2H3. The Kier molecular flexibility index (Phi) is 3.86. The van der Waals surface area contributed by atoms with Gasteiger partial charge in [0, 0.05) is 13.1 Å². The number of morpholine rings is 1. The molecule has 8 heteroatoms. The Morgan fingerprint density at radius 2 is 1.78 bits per heavy atom. The second-order valence-electron chi connectivity index (χ2n) is 4.27. The van der Waals surface area contributed by atoms with E-state index in [1.807, 2.05) is 13.8 Å². The Morgan fingerprint density at radius 1 is 1.28 bits per heavy atom. The number of hydrogen-bond donors (Lipinski definition) is 0. The van der Waals surface area contributed by atoms with Gasteiger partial charge >= 0.3 is 0 Å². The molecule has 2 heterocycles. The van der Waals surface area contributed by atoms with Crippen molar-refractivity contribution >= 4 is 21.6 Å². The summed E-state index contributed by atoms with van der Waals surface area (Å²) in [5.41, 5.74) is 0. The first-order chi connectivity index (χ1) is 8.39. The zero-order valence-corrected chi connectivity index (χ0v) is 11.6. The van der Waals surface area contributed by atoms with E-state index in [-0.39, 0.29) is 22.4 Å². The summed E-state index contributed by atoms with van der Waals surface area (Å²) in [6, 6.07) is 0. The van der Waals surface area contributed by atoms with Gasteiger partial charge in [0.25, 0.3) is 0 Å². The third kappa shape index (κ3) is 2.80. The number of aromatic nitrogens is 2. The Balaban J connectivity index is 2.28. The molecule has 1 aromatic rings. The highest BCUT2D eigenvalue weighted by molar-refractivity contribution is 7.89. The van der Waals surface area contributed by atoms with Gasteiger partial charge in [-0.2, -0.15) is 4.31 Å². The van der Waals surface area contributed by atoms with E-state index in [0.717, 1.165) is 0 Å². The van der Waals surface area contributed by atoms with Crippen LogP contribution in [0.5, 0.6) is 0 Å². The summed E-state index contributed by atoms with van der Waals surface area (Å²) in [6.45, 7) is 4.34. The molecule has 2 rings (SSSR count). The van der Waals surface area contributed by atoms with E-state index in [1.165, 1.54) is 16.7 Å². The minimum absolute atomic E-state index is 0.0256. The molecule has 0 N–H and O–H groups in total. The number of halogens is 1. The lowest BCUT2D eigenvalue weighted by Crippen LogP contribution is -2.48. The predicted octanol–water partition coefficient (Wildman–Crippen LogP) is 0.928. The molecule has 1 saturated heterocycles. The smallest absolute Gasteiger partial charge is 0.246 e. The highest BCUT2D eigenvalue weighted by Crippen LogP contribution is 2.20. The van der Waals surface area contributed by atoms with Crippen molar-refractivity contribution < 1.29 is 13.2 Å². The fraction of sp³-hybridized carbons (Fsp3) is 0.600. The van der Waals surface area contributed by atoms with Gasteiger partial charge in [-0.25, -0.2) is 18.4 Å². The molecule has 1 aromatic heterocycles. The molecule has 1 aliphatic heterocycles. The summed E-state index contributed by atoms with van der Waals surface area (Å²) in [5.74, 6) is 0. The minimum atomic E-state index is -3.57. The van der Waals surface area contributed by atoms with E-state index < -0.39 is 10.0 Å². The molecule has 0 amide bonds. The van der Waals surface area contributed by atoms with E-state index in [9.17, 15) is 8.42 Å². The van der Waals surface area contributed by atoms with Crippen LogP contribution in [0.3, 0.4) is 0 Å². The molecule has 0 aliphatic carbocycles. The molecular formula is C10H14ClN3O3S. The Labute approximate surface area is 111 Å². The number of rotatable bonds is 2. The summed E-state index contributed by atoms with van der Waals surface area (Å²) in [5, 5.41) is 0.0256. The lowest BCUT2D eigenvalue weighted by molar-refractivity contribution is -0.0440. The van der Waals surface area contributed by atoms with E-state index in [1.54, 1.807) is 0 Å². The van der Waals surface area contributed by atoms with Crippen molar-refractivity contribution in [1.29, 1.82) is 0 Å². The van der Waals surface area contributed by atoms with Gasteiger partial charge in [-0.05, 0) is 25.4 Å². The summed E-state index contributed by atoms with van der Waals surface area (Å²) in [4.78, 5) is 7.44. The van der Waals surface area contributed by atoms with Crippen LogP contribution in [0.1, 0.15) is 13.8 Å². The molecule has 0 spiro atoms. The average Bonchev–Trinajstić information content (AvgIpc) is 2.28. The van der Waals surface area contributed by atoms with Crippen molar-refractivity contribution in [3.8, 4) is 0 Å². The van der Waals surface area contributed by atoms with Gasteiger partial charge in [-0.3, -0.25) is 0 Å². The van der Waals surface area contributed by atoms with E-state index in [4.69, 9.17) is 16.3 Å². The second-order valence-corrected chi connectivity index (χ2v) is 6.54. The Bertz CT molecular complexity index is 510. The monoisotopic (exact) mass is 291 g/mol. The van der Waals surface area contributed by atoms with Gasteiger partial charge in [0.05, 0.1) is 24.6 Å². The quantitative estimate of drug-likeness (QED) is 0.758. The van der Waals surface area contributed by atoms with Crippen molar-refractivity contribution in [3.63, 3.8) is 0 Å². The van der Waals surface area contributed by atoms with Crippen LogP contribution in [0.15, 0.2) is 17.3 Å². The topological polar surface area (TPSA) is 72.4 Å². The lowest BCUT2D eigenvalue weighted by atomic mass is 10.3. The highest BCUT2D eigenvalue weighted by Gasteiger charge is 2.32. The van der Waals surface area contributed by atoms with Gasteiger partial charge < -0.3 is 4.74 Å². The van der Waals surface area contributed by atoms with Crippen LogP contribution >= 0.6 is 11.6 Å². The molecule has 2 atom stereocenters. The molecule has 2 unspecified atom stereocenters. The first kappa shape index (κ1) is 13.7. The molecule has 6 nitrogen and oxygen atoms in total. The van der Waals surface area contributed by atoms with Crippen molar-refractivity contribution in [1.82, 2.24) is 14.3 Å². The number of sulfonamides is 1. The van der Waals surface area contributed by atoms with Crippen LogP contribution in [-0.4, -0.2) is 48.0 Å². The fourth-order valence-electron chi connectivity index (χ4n) is 1.91. The average molecular weight is 292 g/mol. The first-order valence-corrected chi connectivity index (χ1v) is 7.34. The summed E-state index contributed by atoms with van der Waals surface area (Å²) in [7, 11) is -3.57. The molecule has 0 bridgehead atoms. The molecule has 1 fully saturated rings. The minimum Gasteiger partial charge on any atom is -0.373 e. The van der Waals surface area contributed by atoms with Gasteiger partial charge in [0.2, 0.25) is 15.3 Å². The molecule has 18 heavy (non-hydrogen) atoms. The Morgan fingerprint density at radius 3 is 2.28 bits per heavy atom. The maximum atomic E-state index is 12.3. The number of nitrogens with zero attached hydrogens (tertiary/aromatic N) is 3. The molecule has 100 valence electrons. The van der Waals surface area contributed by atoms with Gasteiger partial charge in [-0.1, -0.05) is 0 Å². The lowest BCUT2D eigenvalue weighted by Gasteiger charge is -2.34. The summed E-state index contributed by atoms with van der Waals surface area (Å²) < 4.78 is 31.6. The molecule has 0 saturated carbocycles. The molecule has 0 aromatic carbocycles. The van der Waals surface area contributed by atoms with Gasteiger partial charge in [0.1, 0.15) is 4.90 Å². The number of hydrogen-bond acceptors (Lipinski definition) is 5. The normalized spacial score (nSPS) is 26.2. The highest BCUT2D eigenvalue weighted by atomic mass is 35.5. The molecule has 1 aliphatic rings. The zero-order valence-electron chi connectivity index (χ0n) is 10.1. The van der Waals surface area contributed by atoms with Crippen molar-refractivity contribution in [2.45, 2.75) is 31.0 Å². The van der Waals surface area contributed by atoms with Crippen LogP contribution in [0.25, 0.3) is 0 Å². The number of ether oxygens (including phenoxy) is 1. The fourth-order valence-corrected chi connectivity index (χ4v) is 3.49. The second kappa shape index (κ2) is 5.08. The van der Waals surface area contributed by atoms with Crippen LogP contribution in [0.4, 0.5) is 0 Å². The maximum Gasteiger partial charge on any atom is 0.246 e. The molecule has 0 radical (unpaired) electrons. The SMILES string of the molecule is CC1CN(S(=O)(=O)c2cnc(Cl)nc2)CC(C)O1.